The van der Waals surface area contributed by atoms with Crippen molar-refractivity contribution in [3.8, 4) is 5.75 Å². The topological polar surface area (TPSA) is 102 Å². The monoisotopic (exact) mass is 393 g/mol. The molecule has 146 valence electrons. The van der Waals surface area contributed by atoms with E-state index in [1.807, 2.05) is 6.92 Å². The minimum absolute atomic E-state index is 0.00787. The average molecular weight is 393 g/mol. The van der Waals surface area contributed by atoms with Gasteiger partial charge in [0.15, 0.2) is 0 Å². The minimum Gasteiger partial charge on any atom is -0.494 e. The molecule has 8 nitrogen and oxygen atoms in total. The summed E-state index contributed by atoms with van der Waals surface area (Å²) in [6.45, 7) is 3.18. The summed E-state index contributed by atoms with van der Waals surface area (Å²) in [6.07, 6.45) is 0. The third kappa shape index (κ3) is 5.25. The Kier molecular flexibility index (Phi) is 6.89. The van der Waals surface area contributed by atoms with Crippen LogP contribution < -0.4 is 10.1 Å². The van der Waals surface area contributed by atoms with Gasteiger partial charge in [-0.1, -0.05) is 12.1 Å². The van der Waals surface area contributed by atoms with Crippen molar-refractivity contribution in [3.63, 3.8) is 0 Å². The van der Waals surface area contributed by atoms with Gasteiger partial charge < -0.3 is 10.1 Å². The molecule has 0 saturated heterocycles. The predicted octanol–water partition coefficient (Wildman–Crippen LogP) is 2.53. The van der Waals surface area contributed by atoms with Crippen LogP contribution in [0.2, 0.25) is 0 Å². The largest absolute Gasteiger partial charge is 0.494 e. The average Bonchev–Trinajstić information content (AvgIpc) is 2.63. The molecule has 0 aliphatic rings. The molecule has 0 aliphatic heterocycles. The molecule has 0 aliphatic carbocycles. The Balaban J connectivity index is 2.06. The number of nitrogens with one attached hydrogen (secondary N) is 1. The first-order valence-corrected chi connectivity index (χ1v) is 9.82. The Morgan fingerprint density at radius 3 is 2.33 bits per heavy atom. The van der Waals surface area contributed by atoms with Gasteiger partial charge in [-0.15, -0.1) is 0 Å². The summed E-state index contributed by atoms with van der Waals surface area (Å²) in [5, 5.41) is 14.2. The summed E-state index contributed by atoms with van der Waals surface area (Å²) in [4.78, 5) is 10.8. The van der Waals surface area contributed by atoms with Crippen molar-refractivity contribution in [2.24, 2.45) is 0 Å². The van der Waals surface area contributed by atoms with E-state index >= 15 is 0 Å². The van der Waals surface area contributed by atoms with Gasteiger partial charge in [-0.2, -0.15) is 0 Å². The maximum atomic E-state index is 12.1. The third-order valence-corrected chi connectivity index (χ3v) is 5.73. The highest BCUT2D eigenvalue weighted by Gasteiger charge is 2.16. The van der Waals surface area contributed by atoms with Crippen molar-refractivity contribution < 1.29 is 18.1 Å². The van der Waals surface area contributed by atoms with E-state index in [2.05, 4.69) is 5.32 Å². The van der Waals surface area contributed by atoms with Crippen molar-refractivity contribution in [3.05, 3.63) is 63.7 Å². The molecule has 0 aromatic heterocycles. The molecule has 0 radical (unpaired) electrons. The molecule has 0 unspecified atom stereocenters. The zero-order valence-electron chi connectivity index (χ0n) is 15.5. The molecular weight excluding hydrogens is 370 g/mol. The highest BCUT2D eigenvalue weighted by atomic mass is 32.2. The fraction of sp³-hybridized carbons (Fsp3) is 0.333. The quantitative estimate of drug-likeness (QED) is 0.519. The predicted molar refractivity (Wildman–Crippen MR) is 102 cm³/mol. The Morgan fingerprint density at radius 1 is 1.11 bits per heavy atom. The molecule has 2 rings (SSSR count). The van der Waals surface area contributed by atoms with Crippen LogP contribution in [0.5, 0.6) is 5.75 Å². The minimum atomic E-state index is -3.45. The lowest BCUT2D eigenvalue weighted by molar-refractivity contribution is -0.384. The SMILES string of the molecule is CCOc1ccc([N+](=O)[O-])cc1CNCc1ccc(S(=O)(=O)N(C)C)cc1. The maximum Gasteiger partial charge on any atom is 0.270 e. The second kappa shape index (κ2) is 8.94. The van der Waals surface area contributed by atoms with Crippen molar-refractivity contribution in [1.29, 1.82) is 0 Å². The van der Waals surface area contributed by atoms with Gasteiger partial charge in [-0.3, -0.25) is 10.1 Å². The molecular formula is C18H23N3O5S. The molecule has 0 atom stereocenters. The van der Waals surface area contributed by atoms with E-state index < -0.39 is 14.9 Å². The van der Waals surface area contributed by atoms with E-state index in [-0.39, 0.29) is 10.6 Å². The zero-order chi connectivity index (χ0) is 20.0. The molecule has 0 heterocycles. The summed E-state index contributed by atoms with van der Waals surface area (Å²) in [6, 6.07) is 11.1. The highest BCUT2D eigenvalue weighted by Crippen LogP contribution is 2.24. The molecule has 9 heteroatoms. The number of ether oxygens (including phenoxy) is 1. The van der Waals surface area contributed by atoms with E-state index in [0.29, 0.717) is 31.0 Å². The van der Waals surface area contributed by atoms with Crippen LogP contribution in [0.3, 0.4) is 0 Å². The molecule has 1 N–H and O–H groups in total. The van der Waals surface area contributed by atoms with Crippen LogP contribution in [0, 0.1) is 10.1 Å². The zero-order valence-corrected chi connectivity index (χ0v) is 16.3. The van der Waals surface area contributed by atoms with Crippen LogP contribution >= 0.6 is 0 Å². The number of benzene rings is 2. The van der Waals surface area contributed by atoms with E-state index in [9.17, 15) is 18.5 Å². The smallest absolute Gasteiger partial charge is 0.270 e. The van der Waals surface area contributed by atoms with Gasteiger partial charge in [0.2, 0.25) is 10.0 Å². The number of rotatable bonds is 9. The van der Waals surface area contributed by atoms with E-state index in [1.54, 1.807) is 30.3 Å². The van der Waals surface area contributed by atoms with Gasteiger partial charge >= 0.3 is 0 Å². The lowest BCUT2D eigenvalue weighted by Gasteiger charge is -2.13. The maximum absolute atomic E-state index is 12.1. The molecule has 0 fully saturated rings. The first kappa shape index (κ1) is 20.8. The molecule has 0 spiro atoms. The molecule has 2 aromatic rings. The number of non-ortho nitro benzene ring substituents is 1. The Morgan fingerprint density at radius 2 is 1.78 bits per heavy atom. The fourth-order valence-electron chi connectivity index (χ4n) is 2.45. The number of hydrogen-bond donors (Lipinski definition) is 1. The second-order valence-corrected chi connectivity index (χ2v) is 8.17. The van der Waals surface area contributed by atoms with Crippen molar-refractivity contribution >= 4 is 15.7 Å². The number of hydrogen-bond acceptors (Lipinski definition) is 6. The van der Waals surface area contributed by atoms with Crippen molar-refractivity contribution in [2.45, 2.75) is 24.9 Å². The lowest BCUT2D eigenvalue weighted by Crippen LogP contribution is -2.22. The van der Waals surface area contributed by atoms with E-state index in [4.69, 9.17) is 4.74 Å². The number of nitrogens with zero attached hydrogens (tertiary/aromatic N) is 2. The molecule has 0 amide bonds. The summed E-state index contributed by atoms with van der Waals surface area (Å²) in [7, 11) is -0.478. The molecule has 27 heavy (non-hydrogen) atoms. The van der Waals surface area contributed by atoms with Crippen LogP contribution in [0.1, 0.15) is 18.1 Å². The summed E-state index contributed by atoms with van der Waals surface area (Å²) >= 11 is 0. The Bertz CT molecular complexity index is 896. The molecule has 0 saturated carbocycles. The summed E-state index contributed by atoms with van der Waals surface area (Å²) < 4.78 is 30.8. The summed E-state index contributed by atoms with van der Waals surface area (Å²) in [5.41, 5.74) is 1.60. The molecule has 0 bridgehead atoms. The normalized spacial score (nSPS) is 11.6. The van der Waals surface area contributed by atoms with E-state index in [1.165, 1.54) is 26.2 Å². The molecule has 2 aromatic carbocycles. The van der Waals surface area contributed by atoms with E-state index in [0.717, 1.165) is 9.87 Å². The standard InChI is InChI=1S/C18H23N3O5S/c1-4-26-18-10-7-16(21(22)23)11-15(18)13-19-12-14-5-8-17(9-6-14)27(24,25)20(2)3/h5-11,19H,4,12-13H2,1-3H3. The third-order valence-electron chi connectivity index (χ3n) is 3.90. The number of nitro benzene ring substituents is 1. The van der Waals surface area contributed by atoms with Crippen molar-refractivity contribution in [2.75, 3.05) is 20.7 Å². The highest BCUT2D eigenvalue weighted by molar-refractivity contribution is 7.89. The van der Waals surface area contributed by atoms with Crippen molar-refractivity contribution in [1.82, 2.24) is 9.62 Å². The van der Waals surface area contributed by atoms with Crippen LogP contribution in [-0.2, 0) is 23.1 Å². The van der Waals surface area contributed by atoms with Gasteiger partial charge in [-0.05, 0) is 30.7 Å². The second-order valence-electron chi connectivity index (χ2n) is 6.02. The first-order chi connectivity index (χ1) is 12.8. The van der Waals surface area contributed by atoms with Gasteiger partial charge in [0.05, 0.1) is 16.4 Å². The number of nitro groups is 1. The van der Waals surface area contributed by atoms with Gasteiger partial charge in [0, 0.05) is 44.9 Å². The summed E-state index contributed by atoms with van der Waals surface area (Å²) in [5.74, 6) is 0.600. The van der Waals surface area contributed by atoms with Gasteiger partial charge in [-0.25, -0.2) is 12.7 Å². The van der Waals surface area contributed by atoms with Gasteiger partial charge in [0.25, 0.3) is 5.69 Å². The van der Waals surface area contributed by atoms with Crippen LogP contribution in [0.4, 0.5) is 5.69 Å². The van der Waals surface area contributed by atoms with Crippen LogP contribution in [0.15, 0.2) is 47.4 Å². The first-order valence-electron chi connectivity index (χ1n) is 8.38. The van der Waals surface area contributed by atoms with Crippen LogP contribution in [-0.4, -0.2) is 38.3 Å². The fourth-order valence-corrected chi connectivity index (χ4v) is 3.35. The van der Waals surface area contributed by atoms with Gasteiger partial charge in [0.1, 0.15) is 5.75 Å². The Hall–Kier alpha value is -2.49. The lowest BCUT2D eigenvalue weighted by atomic mass is 10.1. The number of sulfonamides is 1. The Labute approximate surface area is 159 Å². The van der Waals surface area contributed by atoms with Crippen LogP contribution in [0.25, 0.3) is 0 Å².